The Morgan fingerprint density at radius 2 is 2.12 bits per heavy atom. The molecule has 0 bridgehead atoms. The molecular weight excluding hydrogens is 323 g/mol. The highest BCUT2D eigenvalue weighted by molar-refractivity contribution is 5.89. The van der Waals surface area contributed by atoms with Gasteiger partial charge in [0.15, 0.2) is 0 Å². The Hall–Kier alpha value is -3.29. The second kappa shape index (κ2) is 7.08. The maximum atomic E-state index is 13.2. The Morgan fingerprint density at radius 1 is 1.28 bits per heavy atom. The van der Waals surface area contributed by atoms with Gasteiger partial charge in [0, 0.05) is 19.3 Å². The van der Waals surface area contributed by atoms with E-state index in [-0.39, 0.29) is 11.8 Å². The van der Waals surface area contributed by atoms with Gasteiger partial charge < -0.3 is 10.2 Å². The number of tetrazole rings is 1. The summed E-state index contributed by atoms with van der Waals surface area (Å²) in [6, 6.07) is 11.3. The molecule has 2 aromatic carbocycles. The molecule has 0 aliphatic carbocycles. The number of nitrogens with one attached hydrogen (secondary N) is 1. The third-order valence-corrected chi connectivity index (χ3v) is 3.71. The van der Waals surface area contributed by atoms with Crippen molar-refractivity contribution in [3.8, 4) is 5.69 Å². The lowest BCUT2D eigenvalue weighted by atomic mass is 10.2. The molecule has 0 aliphatic heterocycles. The van der Waals surface area contributed by atoms with E-state index in [0.717, 1.165) is 16.8 Å². The number of halogens is 1. The first-order chi connectivity index (χ1) is 12.0. The molecule has 128 valence electrons. The van der Waals surface area contributed by atoms with Gasteiger partial charge in [-0.05, 0) is 52.7 Å². The van der Waals surface area contributed by atoms with Gasteiger partial charge in [0.25, 0.3) is 0 Å². The largest absolute Gasteiger partial charge is 0.323 e. The average Bonchev–Trinajstić information content (AvgIpc) is 3.11. The summed E-state index contributed by atoms with van der Waals surface area (Å²) in [6.45, 7) is 2.23. The highest BCUT2D eigenvalue weighted by atomic mass is 19.1. The molecule has 3 rings (SSSR count). The van der Waals surface area contributed by atoms with Crippen molar-refractivity contribution < 1.29 is 9.18 Å². The first-order valence-electron chi connectivity index (χ1n) is 7.63. The van der Waals surface area contributed by atoms with Crippen LogP contribution in [-0.2, 0) is 6.54 Å². The van der Waals surface area contributed by atoms with E-state index < -0.39 is 0 Å². The number of hydrogen-bond donors (Lipinski definition) is 1. The third-order valence-electron chi connectivity index (χ3n) is 3.71. The van der Waals surface area contributed by atoms with Gasteiger partial charge in [-0.3, -0.25) is 0 Å². The van der Waals surface area contributed by atoms with Gasteiger partial charge in [-0.25, -0.2) is 13.9 Å². The number of carbonyl (C=O) groups excluding carboxylic acids is 1. The van der Waals surface area contributed by atoms with Crippen molar-refractivity contribution >= 4 is 11.7 Å². The molecule has 0 unspecified atom stereocenters. The van der Waals surface area contributed by atoms with Crippen LogP contribution in [0.3, 0.4) is 0 Å². The van der Waals surface area contributed by atoms with Gasteiger partial charge in [0.1, 0.15) is 12.1 Å². The Labute approximate surface area is 144 Å². The van der Waals surface area contributed by atoms with Crippen LogP contribution in [0.5, 0.6) is 0 Å². The standard InChI is InChI=1S/C17H17FN6O/c1-12-6-7-15(9-16(12)24-11-19-21-22-24)20-17(25)23(2)10-13-4-3-5-14(18)8-13/h3-9,11H,10H2,1-2H3,(H,20,25). The molecule has 25 heavy (non-hydrogen) atoms. The first kappa shape index (κ1) is 16.6. The molecule has 1 aromatic heterocycles. The van der Waals surface area contributed by atoms with Crippen LogP contribution in [0.15, 0.2) is 48.8 Å². The summed E-state index contributed by atoms with van der Waals surface area (Å²) in [7, 11) is 1.65. The quantitative estimate of drug-likeness (QED) is 0.792. The Bertz CT molecular complexity index is 881. The van der Waals surface area contributed by atoms with Crippen molar-refractivity contribution in [1.82, 2.24) is 25.1 Å². The van der Waals surface area contributed by atoms with Crippen molar-refractivity contribution in [1.29, 1.82) is 0 Å². The fraction of sp³-hybridized carbons (Fsp3) is 0.176. The number of rotatable bonds is 4. The summed E-state index contributed by atoms with van der Waals surface area (Å²) in [5, 5.41) is 13.9. The fourth-order valence-electron chi connectivity index (χ4n) is 2.41. The van der Waals surface area contributed by atoms with Crippen LogP contribution in [0.1, 0.15) is 11.1 Å². The molecule has 3 aromatic rings. The average molecular weight is 340 g/mol. The smallest absolute Gasteiger partial charge is 0.321 e. The summed E-state index contributed by atoms with van der Waals surface area (Å²) in [4.78, 5) is 13.8. The molecule has 0 saturated heterocycles. The lowest BCUT2D eigenvalue weighted by Gasteiger charge is -2.18. The summed E-state index contributed by atoms with van der Waals surface area (Å²) in [5.41, 5.74) is 3.08. The second-order valence-corrected chi connectivity index (χ2v) is 5.67. The molecule has 0 atom stereocenters. The van der Waals surface area contributed by atoms with E-state index in [1.54, 1.807) is 31.3 Å². The molecule has 0 radical (unpaired) electrons. The van der Waals surface area contributed by atoms with Crippen molar-refractivity contribution in [3.63, 3.8) is 0 Å². The number of carbonyl (C=O) groups is 1. The molecule has 0 spiro atoms. The highest BCUT2D eigenvalue weighted by Crippen LogP contribution is 2.19. The number of urea groups is 1. The predicted octanol–water partition coefficient (Wildman–Crippen LogP) is 2.77. The van der Waals surface area contributed by atoms with Crippen LogP contribution in [0, 0.1) is 12.7 Å². The van der Waals surface area contributed by atoms with Crippen LogP contribution < -0.4 is 5.32 Å². The zero-order valence-corrected chi connectivity index (χ0v) is 13.8. The third kappa shape index (κ3) is 3.97. The molecule has 0 saturated carbocycles. The summed E-state index contributed by atoms with van der Waals surface area (Å²) in [6.07, 6.45) is 1.49. The monoisotopic (exact) mass is 340 g/mol. The summed E-state index contributed by atoms with van der Waals surface area (Å²) < 4.78 is 14.8. The number of anilines is 1. The van der Waals surface area contributed by atoms with E-state index >= 15 is 0 Å². The number of aryl methyl sites for hydroxylation is 1. The normalized spacial score (nSPS) is 10.5. The van der Waals surface area contributed by atoms with Crippen LogP contribution in [0.25, 0.3) is 5.69 Å². The lowest BCUT2D eigenvalue weighted by molar-refractivity contribution is 0.220. The minimum atomic E-state index is -0.323. The number of nitrogens with zero attached hydrogens (tertiary/aromatic N) is 5. The summed E-state index contributed by atoms with van der Waals surface area (Å²) in [5.74, 6) is -0.323. The molecule has 1 heterocycles. The maximum Gasteiger partial charge on any atom is 0.321 e. The SMILES string of the molecule is Cc1ccc(NC(=O)N(C)Cc2cccc(F)c2)cc1-n1cnnn1. The predicted molar refractivity (Wildman–Crippen MR) is 90.8 cm³/mol. The number of aromatic nitrogens is 4. The van der Waals surface area contributed by atoms with E-state index in [0.29, 0.717) is 12.2 Å². The molecule has 8 heteroatoms. The molecule has 2 amide bonds. The maximum absolute atomic E-state index is 13.2. The van der Waals surface area contributed by atoms with E-state index in [9.17, 15) is 9.18 Å². The van der Waals surface area contributed by atoms with Gasteiger partial charge in [0.2, 0.25) is 0 Å². The Morgan fingerprint density at radius 3 is 2.84 bits per heavy atom. The van der Waals surface area contributed by atoms with Gasteiger partial charge in [-0.15, -0.1) is 5.10 Å². The zero-order valence-electron chi connectivity index (χ0n) is 13.8. The van der Waals surface area contributed by atoms with Crippen LogP contribution in [0.2, 0.25) is 0 Å². The minimum Gasteiger partial charge on any atom is -0.323 e. The molecule has 7 nitrogen and oxygen atoms in total. The van der Waals surface area contributed by atoms with Gasteiger partial charge in [0.05, 0.1) is 5.69 Å². The van der Waals surface area contributed by atoms with Gasteiger partial charge in [-0.1, -0.05) is 18.2 Å². The minimum absolute atomic E-state index is 0.296. The lowest BCUT2D eigenvalue weighted by Crippen LogP contribution is -2.30. The van der Waals surface area contributed by atoms with Gasteiger partial charge in [-0.2, -0.15) is 0 Å². The molecule has 1 N–H and O–H groups in total. The molecular formula is C17H17FN6O. The number of amides is 2. The van der Waals surface area contributed by atoms with E-state index in [4.69, 9.17) is 0 Å². The van der Waals surface area contributed by atoms with Crippen molar-refractivity contribution in [3.05, 3.63) is 65.7 Å². The highest BCUT2D eigenvalue weighted by Gasteiger charge is 2.11. The second-order valence-electron chi connectivity index (χ2n) is 5.67. The van der Waals surface area contributed by atoms with Crippen LogP contribution >= 0.6 is 0 Å². The zero-order chi connectivity index (χ0) is 17.8. The van der Waals surface area contributed by atoms with Crippen molar-refractivity contribution in [2.75, 3.05) is 12.4 Å². The van der Waals surface area contributed by atoms with E-state index in [1.807, 2.05) is 13.0 Å². The molecule has 0 aliphatic rings. The van der Waals surface area contributed by atoms with Crippen LogP contribution in [-0.4, -0.2) is 38.2 Å². The Balaban J connectivity index is 1.71. The van der Waals surface area contributed by atoms with E-state index in [2.05, 4.69) is 20.8 Å². The topological polar surface area (TPSA) is 75.9 Å². The van der Waals surface area contributed by atoms with Crippen LogP contribution in [0.4, 0.5) is 14.9 Å². The number of benzene rings is 2. The van der Waals surface area contributed by atoms with Crippen molar-refractivity contribution in [2.24, 2.45) is 0 Å². The fourth-order valence-corrected chi connectivity index (χ4v) is 2.41. The summed E-state index contributed by atoms with van der Waals surface area (Å²) >= 11 is 0. The van der Waals surface area contributed by atoms with Gasteiger partial charge >= 0.3 is 6.03 Å². The number of hydrogen-bond acceptors (Lipinski definition) is 4. The van der Waals surface area contributed by atoms with E-state index in [1.165, 1.54) is 28.0 Å². The first-order valence-corrected chi connectivity index (χ1v) is 7.63. The Kier molecular flexibility index (Phi) is 4.69. The van der Waals surface area contributed by atoms with Crippen molar-refractivity contribution in [2.45, 2.75) is 13.5 Å². The molecule has 0 fully saturated rings.